The normalized spacial score (nSPS) is 19.1. The Kier molecular flexibility index (Phi) is 5.58. The van der Waals surface area contributed by atoms with E-state index in [1.807, 2.05) is 0 Å². The van der Waals surface area contributed by atoms with E-state index in [1.54, 1.807) is 42.5 Å². The van der Waals surface area contributed by atoms with E-state index in [1.165, 1.54) is 7.11 Å². The van der Waals surface area contributed by atoms with Gasteiger partial charge >= 0.3 is 6.03 Å². The lowest BCUT2D eigenvalue weighted by Gasteiger charge is -2.34. The summed E-state index contributed by atoms with van der Waals surface area (Å²) in [7, 11) is 1.51. The van der Waals surface area contributed by atoms with Gasteiger partial charge in [-0.1, -0.05) is 54.0 Å². The first kappa shape index (κ1) is 19.1. The van der Waals surface area contributed by atoms with Crippen LogP contribution in [0, 0.1) is 5.92 Å². The Labute approximate surface area is 166 Å². The smallest absolute Gasteiger partial charge is 0.319 e. The number of carbonyl (C=O) groups is 2. The number of ether oxygens (including phenoxy) is 1. The Morgan fingerprint density at radius 3 is 2.67 bits per heavy atom. The van der Waals surface area contributed by atoms with Crippen LogP contribution in [0.15, 0.2) is 54.7 Å². The van der Waals surface area contributed by atoms with E-state index in [-0.39, 0.29) is 16.6 Å². The van der Waals surface area contributed by atoms with Gasteiger partial charge in [-0.05, 0) is 23.8 Å². The molecule has 0 aliphatic carbocycles. The largest absolute Gasteiger partial charge is 0.495 e. The van der Waals surface area contributed by atoms with E-state index in [0.717, 1.165) is 0 Å². The molecular weight excluding hydrogens is 389 g/mol. The van der Waals surface area contributed by atoms with Crippen LogP contribution < -0.4 is 20.7 Å². The van der Waals surface area contributed by atoms with E-state index in [4.69, 9.17) is 27.9 Å². The summed E-state index contributed by atoms with van der Waals surface area (Å²) in [5.74, 6) is -0.678. The van der Waals surface area contributed by atoms with E-state index >= 15 is 0 Å². The van der Waals surface area contributed by atoms with Gasteiger partial charge in [-0.2, -0.15) is 0 Å². The molecule has 1 heterocycles. The van der Waals surface area contributed by atoms with Crippen molar-refractivity contribution in [1.29, 1.82) is 0 Å². The van der Waals surface area contributed by atoms with Crippen LogP contribution in [0.2, 0.25) is 10.0 Å². The lowest BCUT2D eigenvalue weighted by atomic mass is 9.88. The highest BCUT2D eigenvalue weighted by atomic mass is 35.5. The summed E-state index contributed by atoms with van der Waals surface area (Å²) < 4.78 is 5.26. The molecule has 0 saturated carbocycles. The number of rotatable bonds is 4. The molecule has 140 valence electrons. The maximum absolute atomic E-state index is 13.0. The zero-order chi connectivity index (χ0) is 19.6. The third-order valence-corrected chi connectivity index (χ3v) is 5.07. The number of amides is 3. The van der Waals surface area contributed by atoms with Crippen LogP contribution >= 0.6 is 23.2 Å². The molecule has 27 heavy (non-hydrogen) atoms. The van der Waals surface area contributed by atoms with Crippen molar-refractivity contribution in [2.24, 2.45) is 5.92 Å². The summed E-state index contributed by atoms with van der Waals surface area (Å²) in [5.41, 5.74) is 1.29. The molecule has 3 rings (SSSR count). The highest BCUT2D eigenvalue weighted by molar-refractivity contribution is 6.42. The van der Waals surface area contributed by atoms with Gasteiger partial charge in [0, 0.05) is 5.70 Å². The topological polar surface area (TPSA) is 79.5 Å². The van der Waals surface area contributed by atoms with Gasteiger partial charge in [0.05, 0.1) is 28.9 Å². The zero-order valence-corrected chi connectivity index (χ0v) is 15.9. The molecule has 2 aromatic rings. The molecule has 6 nitrogen and oxygen atoms in total. The summed E-state index contributed by atoms with van der Waals surface area (Å²) in [5, 5.41) is 8.70. The van der Waals surface area contributed by atoms with Gasteiger partial charge in [0.2, 0.25) is 5.91 Å². The van der Waals surface area contributed by atoms with Crippen LogP contribution in [0.1, 0.15) is 11.6 Å². The summed E-state index contributed by atoms with van der Waals surface area (Å²) >= 11 is 12.4. The average molecular weight is 406 g/mol. The van der Waals surface area contributed by atoms with Crippen molar-refractivity contribution in [2.45, 2.75) is 6.04 Å². The van der Waals surface area contributed by atoms with Crippen LogP contribution in [-0.2, 0) is 4.79 Å². The number of hydrogen-bond donors (Lipinski definition) is 3. The maximum Gasteiger partial charge on any atom is 0.319 e. The highest BCUT2D eigenvalue weighted by Crippen LogP contribution is 2.37. The highest BCUT2D eigenvalue weighted by Gasteiger charge is 2.39. The van der Waals surface area contributed by atoms with Crippen molar-refractivity contribution in [3.05, 3.63) is 70.3 Å². The van der Waals surface area contributed by atoms with Crippen LogP contribution in [0.3, 0.4) is 0 Å². The molecule has 3 amide bonds. The number of anilines is 1. The van der Waals surface area contributed by atoms with E-state index in [0.29, 0.717) is 22.0 Å². The number of carbonyl (C=O) groups excluding carboxylic acids is 2. The number of benzene rings is 2. The van der Waals surface area contributed by atoms with Gasteiger partial charge in [-0.15, -0.1) is 0 Å². The van der Waals surface area contributed by atoms with Crippen LogP contribution in [0.4, 0.5) is 10.5 Å². The summed E-state index contributed by atoms with van der Waals surface area (Å²) in [6.45, 7) is 3.84. The predicted molar refractivity (Wildman–Crippen MR) is 105 cm³/mol. The Morgan fingerprint density at radius 2 is 1.93 bits per heavy atom. The van der Waals surface area contributed by atoms with Crippen molar-refractivity contribution in [3.63, 3.8) is 0 Å². The molecule has 0 spiro atoms. The molecule has 2 aromatic carbocycles. The molecular formula is C19H17Cl2N3O3. The average Bonchev–Trinajstić information content (AvgIpc) is 2.63. The second kappa shape index (κ2) is 7.90. The standard InChI is InChI=1S/C19H17Cl2N3O3/c1-10-15(18(25)23-13-8-3-4-9-14(13)27-2)17(24-19(26)22-10)11-6-5-7-12(20)16(11)21/h3-9,15,17H,1H2,2H3,(H,23,25)(H2,22,24,26)/t15-,17-/m1/s1. The van der Waals surface area contributed by atoms with Gasteiger partial charge in [-0.3, -0.25) is 4.79 Å². The molecule has 1 fully saturated rings. The van der Waals surface area contributed by atoms with Gasteiger partial charge in [-0.25, -0.2) is 4.79 Å². The van der Waals surface area contributed by atoms with E-state index in [2.05, 4.69) is 22.5 Å². The first-order chi connectivity index (χ1) is 12.9. The molecule has 1 saturated heterocycles. The molecule has 1 aliphatic rings. The third-order valence-electron chi connectivity index (χ3n) is 4.23. The number of urea groups is 1. The Bertz CT molecular complexity index is 917. The van der Waals surface area contributed by atoms with Crippen molar-refractivity contribution in [1.82, 2.24) is 10.6 Å². The number of methoxy groups -OCH3 is 1. The summed E-state index contributed by atoms with van der Waals surface area (Å²) in [6, 6.07) is 10.9. The quantitative estimate of drug-likeness (QED) is 0.715. The molecule has 8 heteroatoms. The fraction of sp³-hybridized carbons (Fsp3) is 0.158. The van der Waals surface area contributed by atoms with Crippen LogP contribution in [0.25, 0.3) is 0 Å². The van der Waals surface area contributed by atoms with Gasteiger partial charge < -0.3 is 20.7 Å². The number of hydrogen-bond acceptors (Lipinski definition) is 3. The molecule has 0 radical (unpaired) electrons. The minimum atomic E-state index is -0.816. The minimum absolute atomic E-state index is 0.257. The minimum Gasteiger partial charge on any atom is -0.495 e. The SMILES string of the molecule is C=C1NC(=O)N[C@H](c2cccc(Cl)c2Cl)[C@@H]1C(=O)Nc1ccccc1OC. The number of halogens is 2. The number of nitrogens with one attached hydrogen (secondary N) is 3. The fourth-order valence-corrected chi connectivity index (χ4v) is 3.40. The van der Waals surface area contributed by atoms with Gasteiger partial charge in [0.25, 0.3) is 0 Å². The van der Waals surface area contributed by atoms with Crippen molar-refractivity contribution >= 4 is 40.8 Å². The molecule has 3 N–H and O–H groups in total. The van der Waals surface area contributed by atoms with E-state index < -0.39 is 18.0 Å². The second-order valence-electron chi connectivity index (χ2n) is 5.91. The Hall–Kier alpha value is -2.70. The molecule has 0 bridgehead atoms. The third kappa shape index (κ3) is 3.86. The monoisotopic (exact) mass is 405 g/mol. The first-order valence-electron chi connectivity index (χ1n) is 8.06. The Morgan fingerprint density at radius 1 is 1.19 bits per heavy atom. The predicted octanol–water partition coefficient (Wildman–Crippen LogP) is 4.12. The second-order valence-corrected chi connectivity index (χ2v) is 6.70. The number of para-hydroxylation sites is 2. The molecule has 2 atom stereocenters. The van der Waals surface area contributed by atoms with Crippen molar-refractivity contribution in [2.75, 3.05) is 12.4 Å². The van der Waals surface area contributed by atoms with Crippen LogP contribution in [-0.4, -0.2) is 19.0 Å². The zero-order valence-electron chi connectivity index (χ0n) is 14.4. The lowest BCUT2D eigenvalue weighted by Crippen LogP contribution is -2.51. The Balaban J connectivity index is 1.96. The lowest BCUT2D eigenvalue weighted by molar-refractivity contribution is -0.119. The summed E-state index contributed by atoms with van der Waals surface area (Å²) in [6.07, 6.45) is 0. The van der Waals surface area contributed by atoms with Gasteiger partial charge in [0.1, 0.15) is 11.7 Å². The summed E-state index contributed by atoms with van der Waals surface area (Å²) in [4.78, 5) is 25.0. The van der Waals surface area contributed by atoms with Crippen molar-refractivity contribution in [3.8, 4) is 5.75 Å². The van der Waals surface area contributed by atoms with Crippen LogP contribution in [0.5, 0.6) is 5.75 Å². The van der Waals surface area contributed by atoms with E-state index in [9.17, 15) is 9.59 Å². The van der Waals surface area contributed by atoms with Crippen molar-refractivity contribution < 1.29 is 14.3 Å². The fourth-order valence-electron chi connectivity index (χ4n) is 2.97. The molecule has 0 unspecified atom stereocenters. The molecule has 1 aliphatic heterocycles. The first-order valence-corrected chi connectivity index (χ1v) is 8.82. The van der Waals surface area contributed by atoms with Gasteiger partial charge in [0.15, 0.2) is 0 Å². The molecule has 0 aromatic heterocycles. The maximum atomic E-state index is 13.0.